The van der Waals surface area contributed by atoms with Crippen LogP contribution in [0.1, 0.15) is 18.4 Å². The van der Waals surface area contributed by atoms with Crippen molar-refractivity contribution in [2.24, 2.45) is 0 Å². The zero-order valence-corrected chi connectivity index (χ0v) is 10.4. The molecule has 0 saturated heterocycles. The summed E-state index contributed by atoms with van der Waals surface area (Å²) in [4.78, 5) is 10.5. The molecule has 0 atom stereocenters. The maximum absolute atomic E-state index is 14.0. The van der Waals surface area contributed by atoms with Crippen molar-refractivity contribution in [3.05, 3.63) is 23.5 Å². The standard InChI is InChI=1S/C13H14FNO4/c1-19-12-10(15-13(17)18)7-6-9(11(12)14)5-3-2-4-8-16/h6-7,15-16H,2,4,8H2,1H3,(H,17,18). The summed E-state index contributed by atoms with van der Waals surface area (Å²) in [5.41, 5.74) is 0.138. The quantitative estimate of drug-likeness (QED) is 0.576. The molecule has 1 amide bonds. The lowest BCUT2D eigenvalue weighted by molar-refractivity contribution is 0.209. The fourth-order valence-electron chi connectivity index (χ4n) is 1.39. The molecule has 0 heterocycles. The minimum absolute atomic E-state index is 0.0217. The van der Waals surface area contributed by atoms with Gasteiger partial charge in [-0.3, -0.25) is 5.32 Å². The van der Waals surface area contributed by atoms with Gasteiger partial charge in [0.1, 0.15) is 0 Å². The molecule has 0 aromatic heterocycles. The van der Waals surface area contributed by atoms with Crippen molar-refractivity contribution in [2.75, 3.05) is 19.0 Å². The van der Waals surface area contributed by atoms with E-state index in [2.05, 4.69) is 11.8 Å². The number of anilines is 1. The van der Waals surface area contributed by atoms with Gasteiger partial charge in [-0.15, -0.1) is 0 Å². The van der Waals surface area contributed by atoms with E-state index < -0.39 is 11.9 Å². The van der Waals surface area contributed by atoms with E-state index in [4.69, 9.17) is 14.9 Å². The van der Waals surface area contributed by atoms with Crippen molar-refractivity contribution in [1.29, 1.82) is 0 Å². The molecule has 1 aromatic carbocycles. The van der Waals surface area contributed by atoms with Crippen LogP contribution in [-0.4, -0.2) is 30.0 Å². The van der Waals surface area contributed by atoms with Crippen molar-refractivity contribution in [1.82, 2.24) is 0 Å². The van der Waals surface area contributed by atoms with Crippen LogP contribution in [0.25, 0.3) is 0 Å². The van der Waals surface area contributed by atoms with Crippen molar-refractivity contribution in [3.8, 4) is 17.6 Å². The minimum Gasteiger partial charge on any atom is -0.492 e. The first-order valence-corrected chi connectivity index (χ1v) is 5.56. The fourth-order valence-corrected chi connectivity index (χ4v) is 1.39. The molecular weight excluding hydrogens is 253 g/mol. The van der Waals surface area contributed by atoms with Gasteiger partial charge >= 0.3 is 6.09 Å². The maximum Gasteiger partial charge on any atom is 0.409 e. The number of hydrogen-bond acceptors (Lipinski definition) is 3. The third-order valence-electron chi connectivity index (χ3n) is 2.23. The number of rotatable bonds is 4. The van der Waals surface area contributed by atoms with Gasteiger partial charge < -0.3 is 14.9 Å². The number of hydrogen-bond donors (Lipinski definition) is 3. The summed E-state index contributed by atoms with van der Waals surface area (Å²) in [6, 6.07) is 2.75. The van der Waals surface area contributed by atoms with Crippen LogP contribution < -0.4 is 10.1 Å². The molecule has 0 spiro atoms. The molecule has 0 aliphatic rings. The Kier molecular flexibility index (Phi) is 5.64. The van der Waals surface area contributed by atoms with E-state index in [9.17, 15) is 9.18 Å². The summed E-state index contributed by atoms with van der Waals surface area (Å²) in [7, 11) is 1.24. The summed E-state index contributed by atoms with van der Waals surface area (Å²) < 4.78 is 18.8. The average Bonchev–Trinajstić information content (AvgIpc) is 2.36. The highest BCUT2D eigenvalue weighted by atomic mass is 19.1. The Morgan fingerprint density at radius 1 is 1.53 bits per heavy atom. The summed E-state index contributed by atoms with van der Waals surface area (Å²) in [5, 5.41) is 19.2. The van der Waals surface area contributed by atoms with Crippen LogP contribution in [0.3, 0.4) is 0 Å². The Bertz CT molecular complexity index is 519. The number of aliphatic hydroxyl groups excluding tert-OH is 1. The van der Waals surface area contributed by atoms with Crippen LogP contribution in [0.15, 0.2) is 12.1 Å². The number of ether oxygens (including phenoxy) is 1. The lowest BCUT2D eigenvalue weighted by Gasteiger charge is -2.09. The van der Waals surface area contributed by atoms with Crippen molar-refractivity contribution in [2.45, 2.75) is 12.8 Å². The highest BCUT2D eigenvalue weighted by Crippen LogP contribution is 2.29. The largest absolute Gasteiger partial charge is 0.492 e. The van der Waals surface area contributed by atoms with Gasteiger partial charge in [-0.2, -0.15) is 0 Å². The predicted octanol–water partition coefficient (Wildman–Crippen LogP) is 2.05. The third kappa shape index (κ3) is 4.16. The topological polar surface area (TPSA) is 78.8 Å². The van der Waals surface area contributed by atoms with E-state index in [-0.39, 0.29) is 23.6 Å². The first kappa shape index (κ1) is 14.8. The van der Waals surface area contributed by atoms with Crippen LogP contribution in [0, 0.1) is 17.7 Å². The second-order valence-corrected chi connectivity index (χ2v) is 3.57. The summed E-state index contributed by atoms with van der Waals surface area (Å²) in [5.74, 6) is 4.41. The first-order chi connectivity index (χ1) is 9.10. The molecule has 1 rings (SSSR count). The van der Waals surface area contributed by atoms with Gasteiger partial charge in [0, 0.05) is 13.0 Å². The molecule has 3 N–H and O–H groups in total. The average molecular weight is 267 g/mol. The Labute approximate surface area is 110 Å². The molecule has 0 aliphatic heterocycles. The molecule has 102 valence electrons. The molecule has 6 heteroatoms. The van der Waals surface area contributed by atoms with Crippen LogP contribution in [0.4, 0.5) is 14.9 Å². The van der Waals surface area contributed by atoms with E-state index in [0.717, 1.165) is 0 Å². The molecule has 0 radical (unpaired) electrons. The number of aliphatic hydroxyl groups is 1. The van der Waals surface area contributed by atoms with Crippen molar-refractivity contribution >= 4 is 11.8 Å². The number of methoxy groups -OCH3 is 1. The van der Waals surface area contributed by atoms with Crippen molar-refractivity contribution in [3.63, 3.8) is 0 Å². The van der Waals surface area contributed by atoms with Gasteiger partial charge in [-0.25, -0.2) is 9.18 Å². The molecule has 0 bridgehead atoms. The monoisotopic (exact) mass is 267 g/mol. The maximum atomic E-state index is 14.0. The number of unbranched alkanes of at least 4 members (excludes halogenated alkanes) is 1. The van der Waals surface area contributed by atoms with E-state index in [1.54, 1.807) is 0 Å². The van der Waals surface area contributed by atoms with Crippen LogP contribution in [-0.2, 0) is 0 Å². The predicted molar refractivity (Wildman–Crippen MR) is 67.8 cm³/mol. The number of carbonyl (C=O) groups is 1. The van der Waals surface area contributed by atoms with Crippen LogP contribution >= 0.6 is 0 Å². The zero-order valence-electron chi connectivity index (χ0n) is 10.4. The molecule has 1 aromatic rings. The summed E-state index contributed by atoms with van der Waals surface area (Å²) in [6.45, 7) is 0.0297. The number of benzene rings is 1. The van der Waals surface area contributed by atoms with E-state index in [1.807, 2.05) is 5.32 Å². The summed E-state index contributed by atoms with van der Waals surface area (Å²) >= 11 is 0. The number of amides is 1. The highest BCUT2D eigenvalue weighted by Gasteiger charge is 2.14. The second-order valence-electron chi connectivity index (χ2n) is 3.57. The zero-order chi connectivity index (χ0) is 14.3. The molecule has 19 heavy (non-hydrogen) atoms. The number of carboxylic acid groups (broad SMARTS) is 1. The molecule has 0 fully saturated rings. The Morgan fingerprint density at radius 3 is 2.84 bits per heavy atom. The minimum atomic E-state index is -1.31. The van der Waals surface area contributed by atoms with E-state index in [1.165, 1.54) is 19.2 Å². The van der Waals surface area contributed by atoms with Gasteiger partial charge in [-0.05, 0) is 18.6 Å². The smallest absolute Gasteiger partial charge is 0.409 e. The normalized spacial score (nSPS) is 9.42. The highest BCUT2D eigenvalue weighted by molar-refractivity contribution is 5.85. The second kappa shape index (κ2) is 7.24. The van der Waals surface area contributed by atoms with Crippen LogP contribution in [0.5, 0.6) is 5.75 Å². The van der Waals surface area contributed by atoms with Gasteiger partial charge in [0.25, 0.3) is 0 Å². The molecule has 0 saturated carbocycles. The lowest BCUT2D eigenvalue weighted by atomic mass is 10.1. The van der Waals surface area contributed by atoms with Crippen molar-refractivity contribution < 1.29 is 24.1 Å². The number of nitrogens with one attached hydrogen (secondary N) is 1. The number of halogens is 1. The van der Waals surface area contributed by atoms with E-state index in [0.29, 0.717) is 12.8 Å². The lowest BCUT2D eigenvalue weighted by Crippen LogP contribution is -2.09. The first-order valence-electron chi connectivity index (χ1n) is 5.56. The van der Waals surface area contributed by atoms with E-state index >= 15 is 0 Å². The van der Waals surface area contributed by atoms with Gasteiger partial charge in [0.05, 0.1) is 18.4 Å². The Hall–Kier alpha value is -2.26. The van der Waals surface area contributed by atoms with Gasteiger partial charge in [-0.1, -0.05) is 11.8 Å². The van der Waals surface area contributed by atoms with Gasteiger partial charge in [0.2, 0.25) is 0 Å². The Morgan fingerprint density at radius 2 is 2.26 bits per heavy atom. The molecule has 5 nitrogen and oxygen atoms in total. The Balaban J connectivity index is 3.02. The summed E-state index contributed by atoms with van der Waals surface area (Å²) in [6.07, 6.45) is -0.336. The van der Waals surface area contributed by atoms with Gasteiger partial charge in [0.15, 0.2) is 11.6 Å². The molecule has 0 unspecified atom stereocenters. The van der Waals surface area contributed by atoms with Crippen LogP contribution in [0.2, 0.25) is 0 Å². The SMILES string of the molecule is COc1c(NC(=O)O)ccc(C#CCCCO)c1F. The molecular formula is C13H14FNO4. The third-order valence-corrected chi connectivity index (χ3v) is 2.23. The molecule has 0 aliphatic carbocycles. The fraction of sp³-hybridized carbons (Fsp3) is 0.308.